The molecular weight excluding hydrogens is 384 g/mol. The summed E-state index contributed by atoms with van der Waals surface area (Å²) >= 11 is 0. The molecule has 4 rings (SSSR count). The molecule has 9 heteroatoms. The highest BCUT2D eigenvalue weighted by Gasteiger charge is 2.16. The fourth-order valence-corrected chi connectivity index (χ4v) is 3.61. The van der Waals surface area contributed by atoms with Crippen LogP contribution in [0.15, 0.2) is 46.1 Å². The first-order valence-electron chi connectivity index (χ1n) is 10.2. The van der Waals surface area contributed by atoms with Crippen LogP contribution in [0.4, 0.5) is 5.95 Å². The molecule has 1 saturated heterocycles. The van der Waals surface area contributed by atoms with Gasteiger partial charge >= 0.3 is 0 Å². The number of hydrogen-bond acceptors (Lipinski definition) is 7. The molecule has 0 aliphatic carbocycles. The van der Waals surface area contributed by atoms with Crippen LogP contribution in [-0.2, 0) is 4.74 Å². The summed E-state index contributed by atoms with van der Waals surface area (Å²) < 4.78 is 6.72. The Kier molecular flexibility index (Phi) is 6.20. The monoisotopic (exact) mass is 410 g/mol. The Bertz CT molecular complexity index is 1120. The summed E-state index contributed by atoms with van der Waals surface area (Å²) in [6, 6.07) is 8.25. The second-order valence-corrected chi connectivity index (χ2v) is 7.41. The Labute approximate surface area is 173 Å². The minimum Gasteiger partial charge on any atom is -0.379 e. The normalized spacial score (nSPS) is 15.9. The van der Waals surface area contributed by atoms with Gasteiger partial charge in [-0.25, -0.2) is 9.67 Å². The molecule has 1 aliphatic heterocycles. The van der Waals surface area contributed by atoms with Crippen molar-refractivity contribution in [3.8, 4) is 0 Å². The topological polar surface area (TPSA) is 105 Å². The lowest BCUT2D eigenvalue weighted by molar-refractivity contribution is 0.0378. The summed E-state index contributed by atoms with van der Waals surface area (Å²) in [5, 5.41) is 8.84. The van der Waals surface area contributed by atoms with Crippen LogP contribution in [0.3, 0.4) is 0 Å². The molecule has 0 bridgehead atoms. The number of benzene rings is 1. The molecule has 1 aromatic carbocycles. The molecule has 3 heterocycles. The van der Waals surface area contributed by atoms with E-state index in [0.717, 1.165) is 44.7 Å². The van der Waals surface area contributed by atoms with Crippen LogP contribution in [0.1, 0.15) is 25.1 Å². The zero-order valence-electron chi connectivity index (χ0n) is 17.0. The Morgan fingerprint density at radius 3 is 2.87 bits per heavy atom. The number of ether oxygens (including phenoxy) is 1. The van der Waals surface area contributed by atoms with E-state index in [1.807, 2.05) is 25.1 Å². The van der Waals surface area contributed by atoms with Crippen molar-refractivity contribution in [1.82, 2.24) is 24.6 Å². The quantitative estimate of drug-likeness (QED) is 0.564. The molecule has 0 radical (unpaired) electrons. The molecule has 0 saturated carbocycles. The molecule has 3 aromatic rings. The van der Waals surface area contributed by atoms with Gasteiger partial charge in [-0.15, -0.1) is 0 Å². The van der Waals surface area contributed by atoms with E-state index in [1.54, 1.807) is 12.3 Å². The molecule has 0 unspecified atom stereocenters. The van der Waals surface area contributed by atoms with Gasteiger partial charge in [0.1, 0.15) is 0 Å². The number of morpholine rings is 1. The van der Waals surface area contributed by atoms with Crippen molar-refractivity contribution in [2.75, 3.05) is 44.7 Å². The van der Waals surface area contributed by atoms with Gasteiger partial charge in [-0.1, -0.05) is 18.2 Å². The highest BCUT2D eigenvalue weighted by Crippen LogP contribution is 2.14. The van der Waals surface area contributed by atoms with Crippen LogP contribution in [0.5, 0.6) is 0 Å². The number of H-pyrrole nitrogens is 1. The van der Waals surface area contributed by atoms with Crippen LogP contribution in [-0.4, -0.2) is 64.0 Å². The molecule has 9 nitrogen and oxygen atoms in total. The molecule has 2 N–H and O–H groups in total. The van der Waals surface area contributed by atoms with Crippen molar-refractivity contribution in [3.63, 3.8) is 0 Å². The maximum Gasteiger partial charge on any atom is 0.275 e. The van der Waals surface area contributed by atoms with Gasteiger partial charge in [0.25, 0.3) is 11.1 Å². The van der Waals surface area contributed by atoms with Crippen molar-refractivity contribution < 1.29 is 4.74 Å². The van der Waals surface area contributed by atoms with E-state index in [1.165, 1.54) is 10.7 Å². The largest absolute Gasteiger partial charge is 0.379 e. The lowest BCUT2D eigenvalue weighted by atomic mass is 10.2. The number of nitrogens with zero attached hydrogens (tertiary/aromatic N) is 4. The van der Waals surface area contributed by atoms with Gasteiger partial charge < -0.3 is 10.1 Å². The number of nitrogens with one attached hydrogen (secondary N) is 2. The maximum absolute atomic E-state index is 12.8. The Morgan fingerprint density at radius 1 is 1.23 bits per heavy atom. The van der Waals surface area contributed by atoms with Gasteiger partial charge in [0.05, 0.1) is 36.5 Å². The average molecular weight is 410 g/mol. The third-order valence-electron chi connectivity index (χ3n) is 5.32. The molecule has 0 amide bonds. The molecule has 0 spiro atoms. The lowest BCUT2D eigenvalue weighted by Crippen LogP contribution is -2.37. The molecular formula is C21H26N6O3. The number of aromatic amines is 1. The number of rotatable bonds is 7. The highest BCUT2D eigenvalue weighted by molar-refractivity contribution is 5.80. The number of anilines is 1. The molecule has 158 valence electrons. The van der Waals surface area contributed by atoms with Crippen molar-refractivity contribution in [3.05, 3.63) is 62.9 Å². The first-order chi connectivity index (χ1) is 14.6. The number of hydrogen-bond donors (Lipinski definition) is 2. The van der Waals surface area contributed by atoms with Crippen LogP contribution in [0, 0.1) is 0 Å². The predicted octanol–water partition coefficient (Wildman–Crippen LogP) is 1.22. The molecule has 1 atom stereocenters. The van der Waals surface area contributed by atoms with E-state index >= 15 is 0 Å². The van der Waals surface area contributed by atoms with E-state index in [4.69, 9.17) is 4.74 Å². The van der Waals surface area contributed by atoms with E-state index in [0.29, 0.717) is 23.6 Å². The molecule has 30 heavy (non-hydrogen) atoms. The summed E-state index contributed by atoms with van der Waals surface area (Å²) in [5.74, 6) is 0.403. The van der Waals surface area contributed by atoms with Gasteiger partial charge in [0.2, 0.25) is 5.95 Å². The second-order valence-electron chi connectivity index (χ2n) is 7.41. The van der Waals surface area contributed by atoms with Crippen molar-refractivity contribution in [2.24, 2.45) is 0 Å². The highest BCUT2D eigenvalue weighted by atomic mass is 16.5. The fourth-order valence-electron chi connectivity index (χ4n) is 3.61. The lowest BCUT2D eigenvalue weighted by Gasteiger charge is -2.26. The zero-order valence-corrected chi connectivity index (χ0v) is 17.0. The third kappa shape index (κ3) is 4.58. The van der Waals surface area contributed by atoms with Crippen molar-refractivity contribution in [2.45, 2.75) is 19.4 Å². The number of aromatic nitrogens is 4. The van der Waals surface area contributed by atoms with E-state index < -0.39 is 6.04 Å². The first-order valence-corrected chi connectivity index (χ1v) is 10.2. The summed E-state index contributed by atoms with van der Waals surface area (Å²) in [6.45, 7) is 6.94. The van der Waals surface area contributed by atoms with Crippen molar-refractivity contribution in [1.29, 1.82) is 0 Å². The van der Waals surface area contributed by atoms with Crippen LogP contribution in [0.2, 0.25) is 0 Å². The van der Waals surface area contributed by atoms with E-state index in [-0.39, 0.29) is 11.1 Å². The van der Waals surface area contributed by atoms with Gasteiger partial charge in [-0.05, 0) is 26.0 Å². The summed E-state index contributed by atoms with van der Waals surface area (Å²) in [7, 11) is 0. The third-order valence-corrected chi connectivity index (χ3v) is 5.32. The number of fused-ring (bicyclic) bond motifs is 1. The summed E-state index contributed by atoms with van der Waals surface area (Å²) in [5.41, 5.74) is 0.0124. The summed E-state index contributed by atoms with van der Waals surface area (Å²) in [4.78, 5) is 34.6. The Hall–Kier alpha value is -3.04. The van der Waals surface area contributed by atoms with E-state index in [9.17, 15) is 9.59 Å². The predicted molar refractivity (Wildman–Crippen MR) is 115 cm³/mol. The van der Waals surface area contributed by atoms with E-state index in [2.05, 4.69) is 25.3 Å². The smallest absolute Gasteiger partial charge is 0.275 e. The maximum atomic E-state index is 12.8. The van der Waals surface area contributed by atoms with Crippen LogP contribution >= 0.6 is 0 Å². The van der Waals surface area contributed by atoms with Gasteiger partial charge in [-0.3, -0.25) is 19.5 Å². The molecule has 1 aliphatic rings. The minimum atomic E-state index is -0.474. The fraction of sp³-hybridized carbons (Fsp3) is 0.429. The van der Waals surface area contributed by atoms with Gasteiger partial charge in [0, 0.05) is 31.1 Å². The van der Waals surface area contributed by atoms with Crippen LogP contribution < -0.4 is 16.4 Å². The first kappa shape index (κ1) is 20.2. The van der Waals surface area contributed by atoms with Crippen LogP contribution in [0.25, 0.3) is 10.8 Å². The van der Waals surface area contributed by atoms with Gasteiger partial charge in [0.15, 0.2) is 0 Å². The molecule has 2 aromatic heterocycles. The Morgan fingerprint density at radius 2 is 2.03 bits per heavy atom. The zero-order chi connectivity index (χ0) is 20.9. The Balaban J connectivity index is 1.46. The average Bonchev–Trinajstić information content (AvgIpc) is 2.77. The summed E-state index contributed by atoms with van der Waals surface area (Å²) in [6.07, 6.45) is 2.58. The van der Waals surface area contributed by atoms with Gasteiger partial charge in [-0.2, -0.15) is 5.10 Å². The molecule has 1 fully saturated rings. The standard InChI is InChI=1S/C21H26N6O3/c1-15(27-20(29)17-6-3-2-5-16(17)14-23-27)18-13-19(28)25-21(24-18)22-7-4-8-26-9-11-30-12-10-26/h2-3,5-6,13-15H,4,7-12H2,1H3,(H2,22,24,25,28)/t15-/m0/s1. The van der Waals surface area contributed by atoms with Crippen molar-refractivity contribution >= 4 is 16.7 Å². The SMILES string of the molecule is C[C@@H](c1cc(=O)[nH]c(NCCCN2CCOCC2)n1)n1ncc2ccccc2c1=O. The second kappa shape index (κ2) is 9.19. The minimum absolute atomic E-state index is 0.206.